The molecular formula is C12H17BrN2O2. The van der Waals surface area contributed by atoms with Gasteiger partial charge in [-0.3, -0.25) is 4.79 Å². The zero-order chi connectivity index (χ0) is 12.6. The van der Waals surface area contributed by atoms with Crippen LogP contribution in [0.4, 0.5) is 0 Å². The first-order valence-electron chi connectivity index (χ1n) is 5.64. The monoisotopic (exact) mass is 300 g/mol. The molecule has 4 nitrogen and oxygen atoms in total. The highest BCUT2D eigenvalue weighted by molar-refractivity contribution is 9.10. The molecule has 1 amide bonds. The van der Waals surface area contributed by atoms with E-state index in [4.69, 9.17) is 4.74 Å². The zero-order valence-corrected chi connectivity index (χ0v) is 12.0. The van der Waals surface area contributed by atoms with Gasteiger partial charge in [0.25, 0.3) is 5.91 Å². The average molecular weight is 301 g/mol. The number of carbonyl (C=O) groups is 1. The highest BCUT2D eigenvalue weighted by Gasteiger charge is 2.31. The van der Waals surface area contributed by atoms with Crippen molar-refractivity contribution < 1.29 is 9.53 Å². The number of amides is 1. The van der Waals surface area contributed by atoms with Crippen molar-refractivity contribution >= 4 is 21.8 Å². The summed E-state index contributed by atoms with van der Waals surface area (Å²) in [5.74, 6) is 0.0644. The quantitative estimate of drug-likeness (QED) is 0.795. The van der Waals surface area contributed by atoms with E-state index in [2.05, 4.69) is 15.9 Å². The molecule has 2 rings (SSSR count). The molecule has 17 heavy (non-hydrogen) atoms. The van der Waals surface area contributed by atoms with Crippen LogP contribution in [-0.2, 0) is 11.8 Å². The molecule has 0 radical (unpaired) electrons. The van der Waals surface area contributed by atoms with Crippen molar-refractivity contribution in [3.05, 3.63) is 22.4 Å². The standard InChI is InChI=1S/C12H17BrN2O2/c1-12(2)8-15(4-5-17-12)11(16)10-6-9(13)7-14(10)3/h6-7H,4-5,8H2,1-3H3. The van der Waals surface area contributed by atoms with Gasteiger partial charge < -0.3 is 14.2 Å². The summed E-state index contributed by atoms with van der Waals surface area (Å²) < 4.78 is 8.38. The van der Waals surface area contributed by atoms with Crippen LogP contribution in [0.2, 0.25) is 0 Å². The summed E-state index contributed by atoms with van der Waals surface area (Å²) in [7, 11) is 1.88. The number of ether oxygens (including phenoxy) is 1. The molecule has 0 atom stereocenters. The maximum absolute atomic E-state index is 12.4. The largest absolute Gasteiger partial charge is 0.372 e. The lowest BCUT2D eigenvalue weighted by atomic mass is 10.1. The van der Waals surface area contributed by atoms with Crippen molar-refractivity contribution in [3.8, 4) is 0 Å². The summed E-state index contributed by atoms with van der Waals surface area (Å²) >= 11 is 3.38. The molecule has 1 saturated heterocycles. The summed E-state index contributed by atoms with van der Waals surface area (Å²) in [5, 5.41) is 0. The van der Waals surface area contributed by atoms with E-state index in [9.17, 15) is 4.79 Å². The number of nitrogens with zero attached hydrogens (tertiary/aromatic N) is 2. The Hall–Kier alpha value is -0.810. The van der Waals surface area contributed by atoms with Crippen molar-refractivity contribution in [3.63, 3.8) is 0 Å². The van der Waals surface area contributed by atoms with Crippen LogP contribution in [0, 0.1) is 0 Å². The van der Waals surface area contributed by atoms with Crippen molar-refractivity contribution in [2.75, 3.05) is 19.7 Å². The van der Waals surface area contributed by atoms with Gasteiger partial charge >= 0.3 is 0 Å². The Labute approximate surface area is 110 Å². The van der Waals surface area contributed by atoms with Gasteiger partial charge in [0.15, 0.2) is 0 Å². The maximum atomic E-state index is 12.4. The number of hydrogen-bond acceptors (Lipinski definition) is 2. The third-order valence-corrected chi connectivity index (χ3v) is 3.34. The second kappa shape index (κ2) is 4.46. The van der Waals surface area contributed by atoms with E-state index in [0.717, 1.165) is 4.47 Å². The summed E-state index contributed by atoms with van der Waals surface area (Å²) in [6.07, 6.45) is 1.89. The topological polar surface area (TPSA) is 34.5 Å². The average Bonchev–Trinajstić information content (AvgIpc) is 2.55. The Morgan fingerprint density at radius 1 is 1.53 bits per heavy atom. The van der Waals surface area contributed by atoms with E-state index < -0.39 is 0 Å². The van der Waals surface area contributed by atoms with Gasteiger partial charge in [-0.1, -0.05) is 0 Å². The molecule has 0 spiro atoms. The zero-order valence-electron chi connectivity index (χ0n) is 10.4. The van der Waals surface area contributed by atoms with Gasteiger partial charge in [-0.15, -0.1) is 0 Å². The van der Waals surface area contributed by atoms with Crippen LogP contribution in [-0.4, -0.2) is 40.7 Å². The van der Waals surface area contributed by atoms with Crippen molar-refractivity contribution in [1.29, 1.82) is 0 Å². The first-order chi connectivity index (χ1) is 7.89. The van der Waals surface area contributed by atoms with E-state index in [1.54, 1.807) is 0 Å². The first-order valence-corrected chi connectivity index (χ1v) is 6.43. The fourth-order valence-electron chi connectivity index (χ4n) is 2.09. The number of aromatic nitrogens is 1. The lowest BCUT2D eigenvalue weighted by Crippen LogP contribution is -2.50. The molecule has 0 saturated carbocycles. The molecule has 1 aromatic rings. The molecule has 94 valence electrons. The van der Waals surface area contributed by atoms with Gasteiger partial charge in [0.2, 0.25) is 0 Å². The van der Waals surface area contributed by atoms with Gasteiger partial charge in [0, 0.05) is 30.8 Å². The van der Waals surface area contributed by atoms with Crippen LogP contribution in [0.3, 0.4) is 0 Å². The fourth-order valence-corrected chi connectivity index (χ4v) is 2.61. The summed E-state index contributed by atoms with van der Waals surface area (Å²) in [6.45, 7) is 5.91. The molecule has 0 aromatic carbocycles. The Kier molecular flexibility index (Phi) is 3.32. The molecule has 0 unspecified atom stereocenters. The molecule has 1 aliphatic heterocycles. The van der Waals surface area contributed by atoms with Gasteiger partial charge in [0.05, 0.1) is 12.2 Å². The normalized spacial score (nSPS) is 19.4. The van der Waals surface area contributed by atoms with E-state index in [-0.39, 0.29) is 11.5 Å². The van der Waals surface area contributed by atoms with E-state index in [0.29, 0.717) is 25.4 Å². The van der Waals surface area contributed by atoms with E-state index in [1.807, 2.05) is 42.6 Å². The lowest BCUT2D eigenvalue weighted by molar-refractivity contribution is -0.0765. The predicted octanol–water partition coefficient (Wildman–Crippen LogP) is 2.04. The molecule has 1 fully saturated rings. The van der Waals surface area contributed by atoms with Gasteiger partial charge in [-0.25, -0.2) is 0 Å². The SMILES string of the molecule is Cn1cc(Br)cc1C(=O)N1CCOC(C)(C)C1. The van der Waals surface area contributed by atoms with Gasteiger partial charge in [-0.05, 0) is 35.8 Å². The molecule has 0 aliphatic carbocycles. The predicted molar refractivity (Wildman–Crippen MR) is 69.0 cm³/mol. The summed E-state index contributed by atoms with van der Waals surface area (Å²) in [5.41, 5.74) is 0.450. The van der Waals surface area contributed by atoms with Crippen LogP contribution >= 0.6 is 15.9 Å². The Morgan fingerprint density at radius 2 is 2.24 bits per heavy atom. The molecule has 0 bridgehead atoms. The number of hydrogen-bond donors (Lipinski definition) is 0. The van der Waals surface area contributed by atoms with Crippen molar-refractivity contribution in [2.45, 2.75) is 19.4 Å². The minimum absolute atomic E-state index is 0.0644. The first kappa shape index (κ1) is 12.6. The van der Waals surface area contributed by atoms with Crippen LogP contribution in [0.15, 0.2) is 16.7 Å². The van der Waals surface area contributed by atoms with E-state index >= 15 is 0 Å². The van der Waals surface area contributed by atoms with Crippen molar-refractivity contribution in [1.82, 2.24) is 9.47 Å². The third kappa shape index (κ3) is 2.72. The highest BCUT2D eigenvalue weighted by atomic mass is 79.9. The van der Waals surface area contributed by atoms with Crippen LogP contribution in [0.25, 0.3) is 0 Å². The van der Waals surface area contributed by atoms with E-state index in [1.165, 1.54) is 0 Å². The molecule has 5 heteroatoms. The van der Waals surface area contributed by atoms with Gasteiger partial charge in [-0.2, -0.15) is 0 Å². The maximum Gasteiger partial charge on any atom is 0.270 e. The Morgan fingerprint density at radius 3 is 2.76 bits per heavy atom. The number of carbonyl (C=O) groups excluding carboxylic acids is 1. The Balaban J connectivity index is 2.18. The van der Waals surface area contributed by atoms with Gasteiger partial charge in [0.1, 0.15) is 5.69 Å². The molecule has 1 aromatic heterocycles. The molecular weight excluding hydrogens is 284 g/mol. The second-order valence-corrected chi connectivity index (χ2v) is 5.91. The molecule has 0 N–H and O–H groups in total. The smallest absolute Gasteiger partial charge is 0.270 e. The number of halogens is 1. The van der Waals surface area contributed by atoms with Crippen LogP contribution in [0.1, 0.15) is 24.3 Å². The fraction of sp³-hybridized carbons (Fsp3) is 0.583. The minimum Gasteiger partial charge on any atom is -0.372 e. The lowest BCUT2D eigenvalue weighted by Gasteiger charge is -2.38. The minimum atomic E-state index is -0.254. The molecule has 2 heterocycles. The van der Waals surface area contributed by atoms with Crippen LogP contribution < -0.4 is 0 Å². The highest BCUT2D eigenvalue weighted by Crippen LogP contribution is 2.20. The Bertz CT molecular complexity index is 440. The summed E-state index contributed by atoms with van der Waals surface area (Å²) in [4.78, 5) is 14.2. The second-order valence-electron chi connectivity index (χ2n) is 4.99. The third-order valence-electron chi connectivity index (χ3n) is 2.90. The summed E-state index contributed by atoms with van der Waals surface area (Å²) in [6, 6.07) is 1.85. The number of morpholine rings is 1. The number of aryl methyl sites for hydroxylation is 1. The number of rotatable bonds is 1. The van der Waals surface area contributed by atoms with Crippen molar-refractivity contribution in [2.24, 2.45) is 7.05 Å². The molecule has 1 aliphatic rings. The van der Waals surface area contributed by atoms with Crippen LogP contribution in [0.5, 0.6) is 0 Å².